The predicted octanol–water partition coefficient (Wildman–Crippen LogP) is -0.301. The van der Waals surface area contributed by atoms with Crippen molar-refractivity contribution in [2.75, 3.05) is 31.7 Å². The zero-order valence-electron chi connectivity index (χ0n) is 8.34. The lowest BCUT2D eigenvalue weighted by Gasteiger charge is -2.18. The van der Waals surface area contributed by atoms with Crippen LogP contribution in [0.3, 0.4) is 0 Å². The average Bonchev–Trinajstić information content (AvgIpc) is 2.26. The van der Waals surface area contributed by atoms with Crippen molar-refractivity contribution in [3.05, 3.63) is 6.33 Å². The van der Waals surface area contributed by atoms with E-state index in [1.807, 2.05) is 11.8 Å². The number of aliphatic hydroxyl groups excluding tert-OH is 1. The lowest BCUT2D eigenvalue weighted by atomic mass is 10.5. The number of likely N-dealkylation sites (N-methyl/N-ethyl adjacent to an activating group) is 1. The Kier molecular flexibility index (Phi) is 4.06. The van der Waals surface area contributed by atoms with Crippen LogP contribution in [-0.2, 0) is 0 Å². The number of ether oxygens (including phenoxy) is 1. The first-order chi connectivity index (χ1) is 6.81. The molecule has 14 heavy (non-hydrogen) atoms. The van der Waals surface area contributed by atoms with Gasteiger partial charge >= 0.3 is 6.01 Å². The molecule has 0 aromatic carbocycles. The van der Waals surface area contributed by atoms with Gasteiger partial charge in [-0.25, -0.2) is 4.98 Å². The summed E-state index contributed by atoms with van der Waals surface area (Å²) in [4.78, 5) is 13.7. The highest BCUT2D eigenvalue weighted by atomic mass is 16.5. The van der Waals surface area contributed by atoms with Crippen LogP contribution in [0.4, 0.5) is 5.95 Å². The second kappa shape index (κ2) is 5.33. The van der Waals surface area contributed by atoms with Crippen LogP contribution in [0.1, 0.15) is 6.92 Å². The standard InChI is InChI=1S/C8H14N4O2/c1-3-12(4-5-13)7-9-6-10-8(11-7)14-2/h6,13H,3-5H2,1-2H3. The zero-order valence-corrected chi connectivity index (χ0v) is 8.34. The molecule has 1 N–H and O–H groups in total. The molecule has 0 saturated carbocycles. The second-order valence-electron chi connectivity index (χ2n) is 2.58. The fraction of sp³-hybridized carbons (Fsp3) is 0.625. The van der Waals surface area contributed by atoms with Crippen molar-refractivity contribution in [1.29, 1.82) is 0 Å². The number of hydrogen-bond donors (Lipinski definition) is 1. The first-order valence-corrected chi connectivity index (χ1v) is 4.40. The number of methoxy groups -OCH3 is 1. The fourth-order valence-corrected chi connectivity index (χ4v) is 1.04. The van der Waals surface area contributed by atoms with Gasteiger partial charge < -0.3 is 14.7 Å². The first kappa shape index (κ1) is 10.6. The fourth-order valence-electron chi connectivity index (χ4n) is 1.04. The van der Waals surface area contributed by atoms with Crippen molar-refractivity contribution in [3.63, 3.8) is 0 Å². The third-order valence-corrected chi connectivity index (χ3v) is 1.75. The highest BCUT2D eigenvalue weighted by Crippen LogP contribution is 2.08. The van der Waals surface area contributed by atoms with Gasteiger partial charge in [0.25, 0.3) is 0 Å². The van der Waals surface area contributed by atoms with E-state index >= 15 is 0 Å². The van der Waals surface area contributed by atoms with Gasteiger partial charge in [-0.15, -0.1) is 0 Å². The van der Waals surface area contributed by atoms with Gasteiger partial charge in [0.2, 0.25) is 5.95 Å². The molecule has 1 aromatic heterocycles. The molecule has 0 aliphatic carbocycles. The zero-order chi connectivity index (χ0) is 10.4. The van der Waals surface area contributed by atoms with Gasteiger partial charge in [-0.3, -0.25) is 0 Å². The van der Waals surface area contributed by atoms with E-state index in [-0.39, 0.29) is 12.6 Å². The van der Waals surface area contributed by atoms with Gasteiger partial charge in [0.05, 0.1) is 13.7 Å². The Hall–Kier alpha value is -1.43. The maximum absolute atomic E-state index is 8.81. The van der Waals surface area contributed by atoms with E-state index in [2.05, 4.69) is 15.0 Å². The molecule has 0 aliphatic rings. The molecule has 1 heterocycles. The summed E-state index contributed by atoms with van der Waals surface area (Å²) in [6, 6.07) is 0.284. The lowest BCUT2D eigenvalue weighted by molar-refractivity contribution is 0.301. The maximum atomic E-state index is 8.81. The third kappa shape index (κ3) is 2.53. The molecule has 1 aromatic rings. The molecule has 0 unspecified atom stereocenters. The first-order valence-electron chi connectivity index (χ1n) is 4.40. The minimum atomic E-state index is 0.0713. The number of nitrogens with zero attached hydrogens (tertiary/aromatic N) is 4. The van der Waals surface area contributed by atoms with Crippen molar-refractivity contribution < 1.29 is 9.84 Å². The van der Waals surface area contributed by atoms with Crippen molar-refractivity contribution in [1.82, 2.24) is 15.0 Å². The van der Waals surface area contributed by atoms with Gasteiger partial charge in [-0.05, 0) is 6.92 Å². The van der Waals surface area contributed by atoms with Crippen LogP contribution in [0.25, 0.3) is 0 Å². The summed E-state index contributed by atoms with van der Waals surface area (Å²) in [6.07, 6.45) is 1.39. The molecule has 6 heteroatoms. The quantitative estimate of drug-likeness (QED) is 0.700. The van der Waals surface area contributed by atoms with Gasteiger partial charge in [0.1, 0.15) is 6.33 Å². The lowest BCUT2D eigenvalue weighted by Crippen LogP contribution is -2.28. The van der Waals surface area contributed by atoms with Crippen LogP contribution in [0, 0.1) is 0 Å². The Morgan fingerprint density at radius 2 is 2.29 bits per heavy atom. The summed E-state index contributed by atoms with van der Waals surface area (Å²) in [7, 11) is 1.50. The second-order valence-corrected chi connectivity index (χ2v) is 2.58. The molecule has 0 bridgehead atoms. The van der Waals surface area contributed by atoms with E-state index in [0.29, 0.717) is 12.5 Å². The Morgan fingerprint density at radius 3 is 2.86 bits per heavy atom. The molecule has 0 saturated heterocycles. The van der Waals surface area contributed by atoms with Crippen molar-refractivity contribution in [2.24, 2.45) is 0 Å². The Balaban J connectivity index is 2.80. The van der Waals surface area contributed by atoms with E-state index in [9.17, 15) is 0 Å². The number of anilines is 1. The monoisotopic (exact) mass is 198 g/mol. The van der Waals surface area contributed by atoms with Crippen LogP contribution < -0.4 is 9.64 Å². The molecule has 6 nitrogen and oxygen atoms in total. The van der Waals surface area contributed by atoms with Crippen molar-refractivity contribution in [3.8, 4) is 6.01 Å². The molecule has 0 amide bonds. The molecular formula is C8H14N4O2. The summed E-state index contributed by atoms with van der Waals surface area (Å²) in [5, 5.41) is 8.81. The molecular weight excluding hydrogens is 184 g/mol. The maximum Gasteiger partial charge on any atom is 0.320 e. The third-order valence-electron chi connectivity index (χ3n) is 1.75. The van der Waals surface area contributed by atoms with Crippen molar-refractivity contribution >= 4 is 5.95 Å². The number of hydrogen-bond acceptors (Lipinski definition) is 6. The molecule has 0 spiro atoms. The normalized spacial score (nSPS) is 9.93. The summed E-state index contributed by atoms with van der Waals surface area (Å²) in [5.41, 5.74) is 0. The summed E-state index contributed by atoms with van der Waals surface area (Å²) >= 11 is 0. The smallest absolute Gasteiger partial charge is 0.320 e. The van der Waals surface area contributed by atoms with E-state index < -0.39 is 0 Å². The van der Waals surface area contributed by atoms with Crippen LogP contribution in [-0.4, -0.2) is 46.9 Å². The topological polar surface area (TPSA) is 71.4 Å². The van der Waals surface area contributed by atoms with Crippen molar-refractivity contribution in [2.45, 2.75) is 6.92 Å². The molecule has 0 fully saturated rings. The molecule has 0 radical (unpaired) electrons. The minimum absolute atomic E-state index is 0.0713. The minimum Gasteiger partial charge on any atom is -0.467 e. The average molecular weight is 198 g/mol. The number of aliphatic hydroxyl groups is 1. The number of rotatable bonds is 5. The van der Waals surface area contributed by atoms with E-state index in [4.69, 9.17) is 9.84 Å². The van der Waals surface area contributed by atoms with E-state index in [1.54, 1.807) is 0 Å². The SMILES string of the molecule is CCN(CCO)c1ncnc(OC)n1. The number of aromatic nitrogens is 3. The Morgan fingerprint density at radius 1 is 1.50 bits per heavy atom. The van der Waals surface area contributed by atoms with E-state index in [1.165, 1.54) is 13.4 Å². The van der Waals surface area contributed by atoms with Crippen LogP contribution in [0.2, 0.25) is 0 Å². The van der Waals surface area contributed by atoms with E-state index in [0.717, 1.165) is 6.54 Å². The Bertz CT molecular complexity index is 282. The highest BCUT2D eigenvalue weighted by molar-refractivity contribution is 5.28. The molecule has 1 rings (SSSR count). The predicted molar refractivity (Wildman–Crippen MR) is 51.4 cm³/mol. The molecule has 0 aliphatic heterocycles. The molecule has 0 atom stereocenters. The summed E-state index contributed by atoms with van der Waals surface area (Å²) in [6.45, 7) is 3.27. The Labute approximate surface area is 82.6 Å². The largest absolute Gasteiger partial charge is 0.467 e. The summed E-state index contributed by atoms with van der Waals surface area (Å²) in [5.74, 6) is 0.522. The van der Waals surface area contributed by atoms with Gasteiger partial charge in [0.15, 0.2) is 0 Å². The van der Waals surface area contributed by atoms with Gasteiger partial charge in [0, 0.05) is 13.1 Å². The van der Waals surface area contributed by atoms with Crippen LogP contribution >= 0.6 is 0 Å². The van der Waals surface area contributed by atoms with Crippen LogP contribution in [0.5, 0.6) is 6.01 Å². The van der Waals surface area contributed by atoms with Crippen LogP contribution in [0.15, 0.2) is 6.33 Å². The van der Waals surface area contributed by atoms with Gasteiger partial charge in [-0.2, -0.15) is 9.97 Å². The molecule has 78 valence electrons. The highest BCUT2D eigenvalue weighted by Gasteiger charge is 2.07. The van der Waals surface area contributed by atoms with Gasteiger partial charge in [-0.1, -0.05) is 0 Å². The summed E-state index contributed by atoms with van der Waals surface area (Å²) < 4.78 is 4.88.